The Morgan fingerprint density at radius 1 is 1.38 bits per heavy atom. The van der Waals surface area contributed by atoms with E-state index in [1.165, 1.54) is 6.20 Å². The quantitative estimate of drug-likeness (QED) is 0.837. The van der Waals surface area contributed by atoms with Crippen molar-refractivity contribution >= 4 is 5.97 Å². The molecule has 0 aliphatic rings. The molecular formula is C11H7FN2O2. The van der Waals surface area contributed by atoms with Gasteiger partial charge in [0, 0.05) is 24.2 Å². The van der Waals surface area contributed by atoms with E-state index in [0.29, 0.717) is 5.56 Å². The molecule has 16 heavy (non-hydrogen) atoms. The van der Waals surface area contributed by atoms with E-state index in [0.717, 1.165) is 12.3 Å². The zero-order valence-corrected chi connectivity index (χ0v) is 8.09. The van der Waals surface area contributed by atoms with Crippen LogP contribution in [0.3, 0.4) is 0 Å². The highest BCUT2D eigenvalue weighted by Crippen LogP contribution is 2.19. The number of nitrogens with zero attached hydrogens (tertiary/aromatic N) is 2. The number of carboxylic acids is 1. The van der Waals surface area contributed by atoms with Crippen LogP contribution in [0.2, 0.25) is 0 Å². The first-order valence-corrected chi connectivity index (χ1v) is 4.47. The predicted octanol–water partition coefficient (Wildman–Crippen LogP) is 1.98. The highest BCUT2D eigenvalue weighted by Gasteiger charge is 2.11. The van der Waals surface area contributed by atoms with E-state index >= 15 is 0 Å². The molecule has 0 aliphatic heterocycles. The smallest absolute Gasteiger partial charge is 0.337 e. The lowest BCUT2D eigenvalue weighted by Crippen LogP contribution is -2.00. The number of aromatic carboxylic acids is 1. The van der Waals surface area contributed by atoms with Crippen molar-refractivity contribution in [1.29, 1.82) is 0 Å². The van der Waals surface area contributed by atoms with Gasteiger partial charge in [-0.25, -0.2) is 9.18 Å². The maximum atomic E-state index is 13.5. The highest BCUT2D eigenvalue weighted by atomic mass is 19.1. The molecule has 0 spiro atoms. The molecule has 0 radical (unpaired) electrons. The monoisotopic (exact) mass is 218 g/mol. The number of pyridine rings is 2. The van der Waals surface area contributed by atoms with Gasteiger partial charge in [0.05, 0.1) is 5.56 Å². The molecule has 5 heteroatoms. The van der Waals surface area contributed by atoms with E-state index in [1.54, 1.807) is 18.3 Å². The molecule has 0 fully saturated rings. The van der Waals surface area contributed by atoms with Gasteiger partial charge in [0.25, 0.3) is 0 Å². The third kappa shape index (κ3) is 1.88. The average molecular weight is 218 g/mol. The second-order valence-corrected chi connectivity index (χ2v) is 3.10. The van der Waals surface area contributed by atoms with E-state index in [-0.39, 0.29) is 11.3 Å². The van der Waals surface area contributed by atoms with Crippen molar-refractivity contribution in [1.82, 2.24) is 9.97 Å². The summed E-state index contributed by atoms with van der Waals surface area (Å²) >= 11 is 0. The van der Waals surface area contributed by atoms with Crippen LogP contribution >= 0.6 is 0 Å². The van der Waals surface area contributed by atoms with Gasteiger partial charge < -0.3 is 5.11 Å². The van der Waals surface area contributed by atoms with E-state index < -0.39 is 11.8 Å². The number of aromatic nitrogens is 2. The summed E-state index contributed by atoms with van der Waals surface area (Å²) in [7, 11) is 0. The fourth-order valence-corrected chi connectivity index (χ4v) is 1.27. The van der Waals surface area contributed by atoms with E-state index in [9.17, 15) is 9.18 Å². The maximum Gasteiger partial charge on any atom is 0.337 e. The Hall–Kier alpha value is -2.30. The van der Waals surface area contributed by atoms with Crippen molar-refractivity contribution in [3.63, 3.8) is 0 Å². The fourth-order valence-electron chi connectivity index (χ4n) is 1.27. The number of hydrogen-bond donors (Lipinski definition) is 1. The first-order chi connectivity index (χ1) is 7.68. The number of rotatable bonds is 2. The van der Waals surface area contributed by atoms with E-state index in [1.807, 2.05) is 0 Å². The van der Waals surface area contributed by atoms with Crippen LogP contribution in [-0.4, -0.2) is 21.0 Å². The van der Waals surface area contributed by atoms with E-state index in [2.05, 4.69) is 9.97 Å². The predicted molar refractivity (Wildman–Crippen MR) is 54.4 cm³/mol. The summed E-state index contributed by atoms with van der Waals surface area (Å²) in [5.41, 5.74) is 0.431. The van der Waals surface area contributed by atoms with Crippen LogP contribution in [0.1, 0.15) is 10.4 Å². The summed E-state index contributed by atoms with van der Waals surface area (Å²) in [4.78, 5) is 18.2. The second-order valence-electron chi connectivity index (χ2n) is 3.10. The first-order valence-electron chi connectivity index (χ1n) is 4.47. The third-order valence-corrected chi connectivity index (χ3v) is 2.02. The maximum absolute atomic E-state index is 13.5. The number of hydrogen-bond acceptors (Lipinski definition) is 3. The van der Waals surface area contributed by atoms with Crippen LogP contribution < -0.4 is 0 Å². The highest BCUT2D eigenvalue weighted by molar-refractivity contribution is 5.87. The van der Waals surface area contributed by atoms with Gasteiger partial charge in [-0.2, -0.15) is 0 Å². The number of carbonyl (C=O) groups is 1. The first kappa shape index (κ1) is 10.2. The standard InChI is InChI=1S/C11H7FN2O2/c12-9-4-8(11(15)16)6-14-10(9)7-2-1-3-13-5-7/h1-6H,(H,15,16). The summed E-state index contributed by atoms with van der Waals surface area (Å²) < 4.78 is 13.5. The molecule has 2 aromatic heterocycles. The van der Waals surface area contributed by atoms with Crippen LogP contribution in [0.25, 0.3) is 11.3 Å². The molecule has 2 aromatic rings. The molecule has 0 aliphatic carbocycles. The zero-order chi connectivity index (χ0) is 11.5. The minimum Gasteiger partial charge on any atom is -0.478 e. The van der Waals surface area contributed by atoms with Crippen molar-refractivity contribution in [2.45, 2.75) is 0 Å². The molecule has 0 saturated carbocycles. The number of halogens is 1. The third-order valence-electron chi connectivity index (χ3n) is 2.02. The Balaban J connectivity index is 2.48. The number of carboxylic acid groups (broad SMARTS) is 1. The molecule has 4 nitrogen and oxygen atoms in total. The molecule has 2 heterocycles. The Bertz CT molecular complexity index is 529. The lowest BCUT2D eigenvalue weighted by atomic mass is 10.1. The molecule has 80 valence electrons. The fraction of sp³-hybridized carbons (Fsp3) is 0. The van der Waals surface area contributed by atoms with Crippen molar-refractivity contribution in [2.24, 2.45) is 0 Å². The molecule has 0 aromatic carbocycles. The van der Waals surface area contributed by atoms with Crippen LogP contribution in [0.15, 0.2) is 36.8 Å². The summed E-state index contributed by atoms with van der Waals surface area (Å²) in [5.74, 6) is -1.88. The Morgan fingerprint density at radius 2 is 2.19 bits per heavy atom. The molecule has 0 atom stereocenters. The molecule has 0 bridgehead atoms. The molecule has 0 unspecified atom stereocenters. The van der Waals surface area contributed by atoms with Gasteiger partial charge in [0.2, 0.25) is 0 Å². The van der Waals surface area contributed by atoms with Crippen molar-refractivity contribution in [2.75, 3.05) is 0 Å². The van der Waals surface area contributed by atoms with Crippen molar-refractivity contribution < 1.29 is 14.3 Å². The summed E-state index contributed by atoms with van der Waals surface area (Å²) in [5, 5.41) is 8.65. The molecule has 1 N–H and O–H groups in total. The summed E-state index contributed by atoms with van der Waals surface area (Å²) in [6.07, 6.45) is 4.15. The molecular weight excluding hydrogens is 211 g/mol. The van der Waals surface area contributed by atoms with Crippen molar-refractivity contribution in [3.05, 3.63) is 48.2 Å². The van der Waals surface area contributed by atoms with Crippen molar-refractivity contribution in [3.8, 4) is 11.3 Å². The van der Waals surface area contributed by atoms with Crippen LogP contribution in [0.5, 0.6) is 0 Å². The summed E-state index contributed by atoms with van der Waals surface area (Å²) in [6, 6.07) is 4.25. The van der Waals surface area contributed by atoms with Crippen LogP contribution in [0.4, 0.5) is 4.39 Å². The van der Waals surface area contributed by atoms with Gasteiger partial charge in [-0.05, 0) is 18.2 Å². The van der Waals surface area contributed by atoms with Gasteiger partial charge >= 0.3 is 5.97 Å². The van der Waals surface area contributed by atoms with Crippen LogP contribution in [-0.2, 0) is 0 Å². The Morgan fingerprint density at radius 3 is 2.75 bits per heavy atom. The lowest BCUT2D eigenvalue weighted by molar-refractivity contribution is 0.0696. The Labute approximate surface area is 90.4 Å². The van der Waals surface area contributed by atoms with E-state index in [4.69, 9.17) is 5.11 Å². The van der Waals surface area contributed by atoms with Gasteiger partial charge in [0.15, 0.2) is 0 Å². The van der Waals surface area contributed by atoms with Gasteiger partial charge in [-0.15, -0.1) is 0 Å². The molecule has 2 rings (SSSR count). The molecule has 0 saturated heterocycles. The van der Waals surface area contributed by atoms with Gasteiger partial charge in [-0.1, -0.05) is 0 Å². The molecule has 0 amide bonds. The lowest BCUT2D eigenvalue weighted by Gasteiger charge is -2.02. The summed E-state index contributed by atoms with van der Waals surface area (Å²) in [6.45, 7) is 0. The average Bonchev–Trinajstić information content (AvgIpc) is 2.30. The largest absolute Gasteiger partial charge is 0.478 e. The minimum atomic E-state index is -1.20. The zero-order valence-electron chi connectivity index (χ0n) is 8.09. The Kier molecular flexibility index (Phi) is 2.59. The van der Waals surface area contributed by atoms with Gasteiger partial charge in [0.1, 0.15) is 11.5 Å². The minimum absolute atomic E-state index is 0.0955. The normalized spacial score (nSPS) is 10.1. The SMILES string of the molecule is O=C(O)c1cnc(-c2cccnc2)c(F)c1. The topological polar surface area (TPSA) is 63.1 Å². The second kappa shape index (κ2) is 4.06. The van der Waals surface area contributed by atoms with Gasteiger partial charge in [-0.3, -0.25) is 9.97 Å². The van der Waals surface area contributed by atoms with Crippen LogP contribution in [0, 0.1) is 5.82 Å².